The van der Waals surface area contributed by atoms with Gasteiger partial charge in [-0.25, -0.2) is 0 Å². The van der Waals surface area contributed by atoms with Gasteiger partial charge < -0.3 is 14.2 Å². The lowest BCUT2D eigenvalue weighted by atomic mass is 10.0. The zero-order chi connectivity index (χ0) is 50.0. The van der Waals surface area contributed by atoms with Gasteiger partial charge in [0.1, 0.15) is 13.2 Å². The van der Waals surface area contributed by atoms with Crippen LogP contribution in [-0.2, 0) is 28.6 Å². The molecule has 0 saturated carbocycles. The van der Waals surface area contributed by atoms with E-state index in [0.29, 0.717) is 19.3 Å². The number of esters is 3. The fourth-order valence-electron chi connectivity index (χ4n) is 9.05. The summed E-state index contributed by atoms with van der Waals surface area (Å²) < 4.78 is 16.9. The summed E-state index contributed by atoms with van der Waals surface area (Å²) in [5, 5.41) is 0. The van der Waals surface area contributed by atoms with Crippen LogP contribution >= 0.6 is 0 Å². The van der Waals surface area contributed by atoms with Crippen LogP contribution in [0, 0.1) is 0 Å². The largest absolute Gasteiger partial charge is 0.462 e. The molecule has 6 heteroatoms. The molecule has 6 nitrogen and oxygen atoms in total. The van der Waals surface area contributed by atoms with E-state index < -0.39 is 6.10 Å². The molecule has 0 aromatic carbocycles. The third-order valence-electron chi connectivity index (χ3n) is 13.6. The Morgan fingerprint density at radius 3 is 0.855 bits per heavy atom. The second kappa shape index (κ2) is 58.2. The van der Waals surface area contributed by atoms with E-state index >= 15 is 0 Å². The average molecular weight is 970 g/mol. The molecule has 0 fully saturated rings. The van der Waals surface area contributed by atoms with Gasteiger partial charge in [-0.1, -0.05) is 295 Å². The summed E-state index contributed by atoms with van der Waals surface area (Å²) in [7, 11) is 0. The molecule has 0 unspecified atom stereocenters. The zero-order valence-electron chi connectivity index (χ0n) is 46.3. The molecule has 0 aliphatic heterocycles. The maximum atomic E-state index is 12.9. The van der Waals surface area contributed by atoms with Crippen molar-refractivity contribution < 1.29 is 28.6 Å². The van der Waals surface area contributed by atoms with Crippen molar-refractivity contribution in [2.24, 2.45) is 0 Å². The van der Waals surface area contributed by atoms with Gasteiger partial charge in [-0.15, -0.1) is 0 Å². The van der Waals surface area contributed by atoms with Crippen LogP contribution in [-0.4, -0.2) is 37.2 Å². The lowest BCUT2D eigenvalue weighted by molar-refractivity contribution is -0.167. The first-order valence-corrected chi connectivity index (χ1v) is 30.5. The lowest BCUT2D eigenvalue weighted by Gasteiger charge is -2.18. The first kappa shape index (κ1) is 66.6. The molecule has 0 aliphatic rings. The van der Waals surface area contributed by atoms with Crippen molar-refractivity contribution in [1.29, 1.82) is 0 Å². The molecule has 0 heterocycles. The van der Waals surface area contributed by atoms with Gasteiger partial charge in [0.05, 0.1) is 0 Å². The van der Waals surface area contributed by atoms with Crippen LogP contribution in [0.15, 0.2) is 36.5 Å². The Labute approximate surface area is 429 Å². The summed E-state index contributed by atoms with van der Waals surface area (Å²) in [5.41, 5.74) is 0. The summed E-state index contributed by atoms with van der Waals surface area (Å²) in [4.78, 5) is 38.2. The Balaban J connectivity index is 4.39. The maximum Gasteiger partial charge on any atom is 0.306 e. The highest BCUT2D eigenvalue weighted by atomic mass is 16.6. The van der Waals surface area contributed by atoms with Crippen LogP contribution in [0.3, 0.4) is 0 Å². The lowest BCUT2D eigenvalue weighted by Crippen LogP contribution is -2.30. The van der Waals surface area contributed by atoms with E-state index in [4.69, 9.17) is 14.2 Å². The summed E-state index contributed by atoms with van der Waals surface area (Å²) in [6.07, 6.45) is 70.0. The predicted octanol–water partition coefficient (Wildman–Crippen LogP) is 20.4. The average Bonchev–Trinajstić information content (AvgIpc) is 3.35. The molecule has 0 N–H and O–H groups in total. The first-order chi connectivity index (χ1) is 34.0. The number of ether oxygens (including phenoxy) is 3. The molecule has 0 bridgehead atoms. The summed E-state index contributed by atoms with van der Waals surface area (Å²) in [6.45, 7) is 6.65. The van der Waals surface area contributed by atoms with Gasteiger partial charge in [0.25, 0.3) is 0 Å². The fourth-order valence-corrected chi connectivity index (χ4v) is 9.05. The Morgan fingerprint density at radius 1 is 0.290 bits per heavy atom. The van der Waals surface area contributed by atoms with E-state index in [9.17, 15) is 14.4 Å². The molecular weight excluding hydrogens is 853 g/mol. The third-order valence-corrected chi connectivity index (χ3v) is 13.6. The van der Waals surface area contributed by atoms with E-state index in [-0.39, 0.29) is 37.5 Å². The zero-order valence-corrected chi connectivity index (χ0v) is 46.3. The first-order valence-electron chi connectivity index (χ1n) is 30.5. The molecule has 69 heavy (non-hydrogen) atoms. The Kier molecular flexibility index (Phi) is 56.2. The number of unbranched alkanes of at least 4 members (excludes halogenated alkanes) is 39. The second-order valence-electron chi connectivity index (χ2n) is 20.6. The van der Waals surface area contributed by atoms with Gasteiger partial charge in [-0.3, -0.25) is 14.4 Å². The Morgan fingerprint density at radius 2 is 0.536 bits per heavy atom. The van der Waals surface area contributed by atoms with E-state index in [1.807, 2.05) is 0 Å². The molecule has 0 spiro atoms. The van der Waals surface area contributed by atoms with Crippen molar-refractivity contribution in [2.45, 2.75) is 335 Å². The second-order valence-corrected chi connectivity index (χ2v) is 20.6. The molecular formula is C63H116O6. The number of hydrogen-bond acceptors (Lipinski definition) is 6. The molecule has 0 radical (unpaired) electrons. The smallest absolute Gasteiger partial charge is 0.306 e. The van der Waals surface area contributed by atoms with E-state index in [1.54, 1.807) is 0 Å². The SMILES string of the molecule is CCCCCCCC/C=C\C/C=C\C/C=C\CCCC(=O)OC(COC(=O)CCCCCCCCCCCCCCCCCCC)COC(=O)CCCCCCCCCCCCCCCCCCC. The van der Waals surface area contributed by atoms with Gasteiger partial charge in [-0.2, -0.15) is 0 Å². The molecule has 0 saturated heterocycles. The van der Waals surface area contributed by atoms with Crippen molar-refractivity contribution in [1.82, 2.24) is 0 Å². The molecule has 404 valence electrons. The highest BCUT2D eigenvalue weighted by Gasteiger charge is 2.19. The molecule has 0 aliphatic carbocycles. The van der Waals surface area contributed by atoms with Gasteiger partial charge >= 0.3 is 17.9 Å². The predicted molar refractivity (Wildman–Crippen MR) is 298 cm³/mol. The van der Waals surface area contributed by atoms with E-state index in [0.717, 1.165) is 57.8 Å². The minimum absolute atomic E-state index is 0.0869. The normalized spacial score (nSPS) is 11.8. The molecule has 0 rings (SSSR count). The van der Waals surface area contributed by atoms with Crippen LogP contribution in [0.1, 0.15) is 329 Å². The van der Waals surface area contributed by atoms with Crippen molar-refractivity contribution in [3.8, 4) is 0 Å². The summed E-state index contributed by atoms with van der Waals surface area (Å²) >= 11 is 0. The van der Waals surface area contributed by atoms with Gasteiger partial charge in [-0.05, 0) is 51.4 Å². The summed E-state index contributed by atoms with van der Waals surface area (Å²) in [5.74, 6) is -0.917. The standard InChI is InChI=1S/C63H116O6/c1-4-7-10-13-16-19-22-25-28-31-34-37-40-43-46-49-52-55-61(64)67-58-60(69-63(66)57-54-51-48-45-42-39-36-33-30-27-24-21-18-15-12-9-6-3)59-68-62(65)56-53-50-47-44-41-38-35-32-29-26-23-20-17-14-11-8-5-2/h27,30,36,39,45,48,60H,4-26,28-29,31-35,37-38,40-44,46-47,49-59H2,1-3H3/b30-27-,39-36-,48-45-. The molecule has 0 aromatic heterocycles. The van der Waals surface area contributed by atoms with E-state index in [2.05, 4.69) is 57.2 Å². The topological polar surface area (TPSA) is 78.9 Å². The molecule has 0 atom stereocenters. The molecule has 0 amide bonds. The number of carbonyl (C=O) groups excluding carboxylic acids is 3. The van der Waals surface area contributed by atoms with Crippen molar-refractivity contribution in [3.63, 3.8) is 0 Å². The van der Waals surface area contributed by atoms with E-state index in [1.165, 1.54) is 225 Å². The minimum Gasteiger partial charge on any atom is -0.462 e. The van der Waals surface area contributed by atoms with Crippen LogP contribution in [0.5, 0.6) is 0 Å². The van der Waals surface area contributed by atoms with Crippen LogP contribution in [0.4, 0.5) is 0 Å². The van der Waals surface area contributed by atoms with Gasteiger partial charge in [0.2, 0.25) is 0 Å². The van der Waals surface area contributed by atoms with Crippen LogP contribution < -0.4 is 0 Å². The Hall–Kier alpha value is -2.37. The maximum absolute atomic E-state index is 12.9. The van der Waals surface area contributed by atoms with Crippen LogP contribution in [0.2, 0.25) is 0 Å². The van der Waals surface area contributed by atoms with Gasteiger partial charge in [0.15, 0.2) is 6.10 Å². The third kappa shape index (κ3) is 56.4. The number of rotatable bonds is 56. The van der Waals surface area contributed by atoms with Crippen molar-refractivity contribution >= 4 is 17.9 Å². The number of carbonyl (C=O) groups is 3. The quantitative estimate of drug-likeness (QED) is 0.0261. The molecule has 0 aromatic rings. The number of allylic oxidation sites excluding steroid dienone is 6. The highest BCUT2D eigenvalue weighted by molar-refractivity contribution is 5.71. The highest BCUT2D eigenvalue weighted by Crippen LogP contribution is 2.17. The Bertz CT molecular complexity index is 1100. The van der Waals surface area contributed by atoms with Crippen LogP contribution in [0.25, 0.3) is 0 Å². The minimum atomic E-state index is -0.794. The summed E-state index contributed by atoms with van der Waals surface area (Å²) in [6, 6.07) is 0. The fraction of sp³-hybridized carbons (Fsp3) is 0.857. The van der Waals surface area contributed by atoms with Crippen molar-refractivity contribution in [3.05, 3.63) is 36.5 Å². The van der Waals surface area contributed by atoms with Gasteiger partial charge in [0, 0.05) is 19.3 Å². The van der Waals surface area contributed by atoms with Crippen molar-refractivity contribution in [2.75, 3.05) is 13.2 Å². The number of hydrogen-bond donors (Lipinski definition) is 0. The monoisotopic (exact) mass is 969 g/mol.